The van der Waals surface area contributed by atoms with Crippen molar-refractivity contribution in [1.82, 2.24) is 10.1 Å². The van der Waals surface area contributed by atoms with Gasteiger partial charge in [-0.05, 0) is 68.5 Å². The van der Waals surface area contributed by atoms with Gasteiger partial charge in [0, 0.05) is 18.0 Å². The average Bonchev–Trinajstić information content (AvgIpc) is 3.37. The number of nitrogens with zero attached hydrogens (tertiary/aromatic N) is 2. The number of carbonyl (C=O) groups excluding carboxylic acids is 2. The Hall–Kier alpha value is -3.13. The van der Waals surface area contributed by atoms with Crippen molar-refractivity contribution < 1.29 is 23.6 Å². The molecular formula is C23H24N2O5S. The van der Waals surface area contributed by atoms with E-state index in [2.05, 4.69) is 5.16 Å². The maximum absolute atomic E-state index is 12.7. The van der Waals surface area contributed by atoms with E-state index in [1.807, 2.05) is 25.3 Å². The molecule has 0 spiro atoms. The summed E-state index contributed by atoms with van der Waals surface area (Å²) in [6.07, 6.45) is -0.00224. The van der Waals surface area contributed by atoms with Gasteiger partial charge in [-0.25, -0.2) is 4.79 Å². The molecule has 0 aliphatic carbocycles. The lowest BCUT2D eigenvalue weighted by Crippen LogP contribution is -2.42. The molecule has 0 radical (unpaired) electrons. The normalized spacial score (nSPS) is 14.1. The number of ether oxygens (including phenoxy) is 2. The Morgan fingerprint density at radius 3 is 2.71 bits per heavy atom. The highest BCUT2D eigenvalue weighted by Crippen LogP contribution is 2.25. The van der Waals surface area contributed by atoms with Gasteiger partial charge in [-0.15, -0.1) is 11.3 Å². The lowest BCUT2D eigenvalue weighted by atomic mass is 10.1. The second kappa shape index (κ2) is 8.93. The number of hydrogen-bond donors (Lipinski definition) is 0. The summed E-state index contributed by atoms with van der Waals surface area (Å²) in [6, 6.07) is 8.70. The van der Waals surface area contributed by atoms with Crippen molar-refractivity contribution >= 4 is 23.2 Å². The van der Waals surface area contributed by atoms with Crippen LogP contribution in [0, 0.1) is 13.8 Å². The van der Waals surface area contributed by atoms with Crippen LogP contribution in [0.4, 0.5) is 0 Å². The standard InChI is InChI=1S/C23H24N2O5S/c1-14-20(15(2)30-24-14)13-28-19-6-4-17(5-7-19)23(27)29-16(3)22(26)25-10-8-21-18(12-25)9-11-31-21/h4-7,9,11,16H,8,10,12-13H2,1-3H3. The van der Waals surface area contributed by atoms with Crippen LogP contribution in [-0.2, 0) is 29.1 Å². The van der Waals surface area contributed by atoms with Gasteiger partial charge in [0.25, 0.3) is 5.91 Å². The smallest absolute Gasteiger partial charge is 0.338 e. The van der Waals surface area contributed by atoms with Crippen molar-refractivity contribution in [3.05, 3.63) is 68.7 Å². The number of aryl methyl sites for hydroxylation is 2. The summed E-state index contributed by atoms with van der Waals surface area (Å²) in [6.45, 7) is 6.86. The lowest BCUT2D eigenvalue weighted by molar-refractivity contribution is -0.140. The Morgan fingerprint density at radius 1 is 1.23 bits per heavy atom. The molecule has 31 heavy (non-hydrogen) atoms. The van der Waals surface area contributed by atoms with E-state index < -0.39 is 12.1 Å². The summed E-state index contributed by atoms with van der Waals surface area (Å²) < 4.78 is 16.3. The lowest BCUT2D eigenvalue weighted by Gasteiger charge is -2.29. The van der Waals surface area contributed by atoms with Crippen LogP contribution in [0.5, 0.6) is 5.75 Å². The number of rotatable bonds is 6. The summed E-state index contributed by atoms with van der Waals surface area (Å²) in [4.78, 5) is 28.3. The van der Waals surface area contributed by atoms with E-state index in [4.69, 9.17) is 14.0 Å². The summed E-state index contributed by atoms with van der Waals surface area (Å²) in [7, 11) is 0. The van der Waals surface area contributed by atoms with E-state index in [1.165, 1.54) is 10.4 Å². The molecule has 7 nitrogen and oxygen atoms in total. The van der Waals surface area contributed by atoms with Crippen LogP contribution in [0.25, 0.3) is 0 Å². The van der Waals surface area contributed by atoms with Gasteiger partial charge in [-0.2, -0.15) is 0 Å². The van der Waals surface area contributed by atoms with Crippen LogP contribution in [0.15, 0.2) is 40.2 Å². The average molecular weight is 441 g/mol. The van der Waals surface area contributed by atoms with E-state index >= 15 is 0 Å². The van der Waals surface area contributed by atoms with Crippen LogP contribution < -0.4 is 4.74 Å². The fourth-order valence-electron chi connectivity index (χ4n) is 3.52. The minimum atomic E-state index is -0.844. The Bertz CT molecular complexity index is 1070. The zero-order valence-corrected chi connectivity index (χ0v) is 18.5. The van der Waals surface area contributed by atoms with Crippen molar-refractivity contribution in [2.24, 2.45) is 0 Å². The number of thiophene rings is 1. The predicted octanol–water partition coefficient (Wildman–Crippen LogP) is 4.06. The van der Waals surface area contributed by atoms with Gasteiger partial charge in [0.1, 0.15) is 18.1 Å². The zero-order valence-electron chi connectivity index (χ0n) is 17.7. The Labute approximate surface area is 184 Å². The van der Waals surface area contributed by atoms with Crippen molar-refractivity contribution in [2.45, 2.75) is 46.4 Å². The third-order valence-electron chi connectivity index (χ3n) is 5.41. The summed E-state index contributed by atoms with van der Waals surface area (Å²) in [5.74, 6) is 0.622. The van der Waals surface area contributed by atoms with Gasteiger partial charge in [-0.1, -0.05) is 5.16 Å². The second-order valence-corrected chi connectivity index (χ2v) is 8.54. The summed E-state index contributed by atoms with van der Waals surface area (Å²) in [5.41, 5.74) is 3.24. The van der Waals surface area contributed by atoms with Crippen molar-refractivity contribution in [1.29, 1.82) is 0 Å². The van der Waals surface area contributed by atoms with Crippen LogP contribution in [-0.4, -0.2) is 34.6 Å². The minimum absolute atomic E-state index is 0.176. The molecule has 1 aromatic carbocycles. The number of aromatic nitrogens is 1. The molecule has 1 aliphatic rings. The van der Waals surface area contributed by atoms with Crippen molar-refractivity contribution in [3.63, 3.8) is 0 Å². The first-order valence-corrected chi connectivity index (χ1v) is 11.0. The van der Waals surface area contributed by atoms with Gasteiger partial charge in [0.05, 0.1) is 16.8 Å². The molecule has 3 heterocycles. The molecule has 0 saturated heterocycles. The predicted molar refractivity (Wildman–Crippen MR) is 115 cm³/mol. The van der Waals surface area contributed by atoms with Crippen molar-refractivity contribution in [2.75, 3.05) is 6.54 Å². The quantitative estimate of drug-likeness (QED) is 0.538. The highest BCUT2D eigenvalue weighted by molar-refractivity contribution is 7.10. The highest BCUT2D eigenvalue weighted by Gasteiger charge is 2.27. The fraction of sp³-hybridized carbons (Fsp3) is 0.348. The number of fused-ring (bicyclic) bond motifs is 1. The molecule has 3 aromatic rings. The third kappa shape index (κ3) is 4.64. The molecule has 1 atom stereocenters. The molecule has 162 valence electrons. The number of carbonyl (C=O) groups is 2. The molecule has 0 fully saturated rings. The monoisotopic (exact) mass is 440 g/mol. The van der Waals surface area contributed by atoms with E-state index in [0.29, 0.717) is 31.0 Å². The van der Waals surface area contributed by atoms with Crippen LogP contribution in [0.1, 0.15) is 44.7 Å². The molecule has 0 saturated carbocycles. The van der Waals surface area contributed by atoms with Gasteiger partial charge < -0.3 is 18.9 Å². The number of hydrogen-bond acceptors (Lipinski definition) is 7. The van der Waals surface area contributed by atoms with Crippen LogP contribution >= 0.6 is 11.3 Å². The molecule has 8 heteroatoms. The van der Waals surface area contributed by atoms with E-state index in [1.54, 1.807) is 47.4 Å². The Kier molecular flexibility index (Phi) is 6.08. The number of esters is 1. The first-order valence-electron chi connectivity index (χ1n) is 10.1. The molecule has 0 N–H and O–H groups in total. The number of amides is 1. The highest BCUT2D eigenvalue weighted by atomic mass is 32.1. The van der Waals surface area contributed by atoms with E-state index in [-0.39, 0.29) is 5.91 Å². The molecule has 1 aliphatic heterocycles. The molecule has 0 bridgehead atoms. The van der Waals surface area contributed by atoms with Gasteiger partial charge in [-0.3, -0.25) is 4.79 Å². The molecule has 1 unspecified atom stereocenters. The van der Waals surface area contributed by atoms with Gasteiger partial charge in [0.2, 0.25) is 0 Å². The van der Waals surface area contributed by atoms with E-state index in [0.717, 1.165) is 23.4 Å². The minimum Gasteiger partial charge on any atom is -0.489 e. The van der Waals surface area contributed by atoms with Crippen LogP contribution in [0.2, 0.25) is 0 Å². The SMILES string of the molecule is Cc1noc(C)c1COc1ccc(C(=O)OC(C)C(=O)N2CCc3sccc3C2)cc1. The largest absolute Gasteiger partial charge is 0.489 e. The fourth-order valence-corrected chi connectivity index (χ4v) is 4.41. The van der Waals surface area contributed by atoms with Crippen LogP contribution in [0.3, 0.4) is 0 Å². The summed E-state index contributed by atoms with van der Waals surface area (Å²) >= 11 is 1.72. The second-order valence-electron chi connectivity index (χ2n) is 7.54. The van der Waals surface area contributed by atoms with Gasteiger partial charge >= 0.3 is 5.97 Å². The maximum atomic E-state index is 12.7. The maximum Gasteiger partial charge on any atom is 0.338 e. The molecular weight excluding hydrogens is 416 g/mol. The molecule has 1 amide bonds. The zero-order chi connectivity index (χ0) is 22.0. The Morgan fingerprint density at radius 2 is 2.00 bits per heavy atom. The van der Waals surface area contributed by atoms with E-state index in [9.17, 15) is 9.59 Å². The van der Waals surface area contributed by atoms with Crippen molar-refractivity contribution in [3.8, 4) is 5.75 Å². The molecule has 2 aromatic heterocycles. The summed E-state index contributed by atoms with van der Waals surface area (Å²) in [5, 5.41) is 5.95. The number of benzene rings is 1. The first kappa shape index (κ1) is 21.1. The third-order valence-corrected chi connectivity index (χ3v) is 6.43. The Balaban J connectivity index is 1.31. The molecule has 4 rings (SSSR count). The van der Waals surface area contributed by atoms with Gasteiger partial charge in [0.15, 0.2) is 6.10 Å². The topological polar surface area (TPSA) is 81.9 Å². The first-order chi connectivity index (χ1) is 14.9.